The quantitative estimate of drug-likeness (QED) is 0.751. The Hall–Kier alpha value is -0.540. The molecular formula is C15H21BrClNO. The van der Waals surface area contributed by atoms with Crippen molar-refractivity contribution in [2.75, 3.05) is 11.9 Å². The molecule has 0 aliphatic rings. The predicted molar refractivity (Wildman–Crippen MR) is 85.3 cm³/mol. The molecule has 0 unspecified atom stereocenters. The van der Waals surface area contributed by atoms with E-state index in [2.05, 4.69) is 35.1 Å². The molecule has 0 saturated heterocycles. The van der Waals surface area contributed by atoms with E-state index in [4.69, 9.17) is 11.6 Å². The summed E-state index contributed by atoms with van der Waals surface area (Å²) < 4.78 is 0. The molecule has 1 N–H and O–H groups in total. The molecule has 0 spiro atoms. The summed E-state index contributed by atoms with van der Waals surface area (Å²) in [5.74, 6) is -0.0964. The summed E-state index contributed by atoms with van der Waals surface area (Å²) in [6, 6.07) is 5.52. The number of aryl methyl sites for hydroxylation is 1. The van der Waals surface area contributed by atoms with Gasteiger partial charge >= 0.3 is 0 Å². The van der Waals surface area contributed by atoms with Gasteiger partial charge in [0, 0.05) is 11.9 Å². The van der Waals surface area contributed by atoms with Gasteiger partial charge in [0.15, 0.2) is 0 Å². The van der Waals surface area contributed by atoms with Crippen molar-refractivity contribution < 1.29 is 4.79 Å². The molecule has 0 heterocycles. The van der Waals surface area contributed by atoms with Gasteiger partial charge in [-0.15, -0.1) is 0 Å². The van der Waals surface area contributed by atoms with Crippen LogP contribution in [0.2, 0.25) is 5.02 Å². The van der Waals surface area contributed by atoms with E-state index in [9.17, 15) is 4.79 Å². The zero-order valence-corrected chi connectivity index (χ0v) is 14.1. The summed E-state index contributed by atoms with van der Waals surface area (Å²) in [7, 11) is 0. The second-order valence-electron chi connectivity index (χ2n) is 4.96. The molecule has 1 rings (SSSR count). The zero-order valence-electron chi connectivity index (χ0n) is 11.7. The lowest BCUT2D eigenvalue weighted by atomic mass is 9.84. The minimum Gasteiger partial charge on any atom is -0.351 e. The van der Waals surface area contributed by atoms with Crippen molar-refractivity contribution in [1.82, 2.24) is 5.32 Å². The normalized spacial score (nSPS) is 11.4. The lowest BCUT2D eigenvalue weighted by molar-refractivity contribution is 0.0932. The van der Waals surface area contributed by atoms with Gasteiger partial charge in [-0.25, -0.2) is 0 Å². The monoisotopic (exact) mass is 345 g/mol. The van der Waals surface area contributed by atoms with Gasteiger partial charge in [-0.1, -0.05) is 53.5 Å². The number of hydrogen-bond acceptors (Lipinski definition) is 1. The molecular weight excluding hydrogens is 326 g/mol. The van der Waals surface area contributed by atoms with Crippen molar-refractivity contribution in [3.63, 3.8) is 0 Å². The Morgan fingerprint density at radius 1 is 1.37 bits per heavy atom. The molecule has 4 heteroatoms. The smallest absolute Gasteiger partial charge is 0.252 e. The SMILES string of the molecule is CCC(CC)(CBr)CNC(=O)c1cccc(C)c1Cl. The fourth-order valence-corrected chi connectivity index (χ4v) is 3.13. The molecule has 0 aliphatic carbocycles. The first-order chi connectivity index (χ1) is 8.99. The maximum Gasteiger partial charge on any atom is 0.252 e. The van der Waals surface area contributed by atoms with E-state index in [1.807, 2.05) is 19.1 Å². The number of alkyl halides is 1. The third-order valence-corrected chi connectivity index (χ3v) is 5.54. The van der Waals surface area contributed by atoms with Crippen molar-refractivity contribution >= 4 is 33.4 Å². The van der Waals surface area contributed by atoms with Gasteiger partial charge < -0.3 is 5.32 Å². The van der Waals surface area contributed by atoms with E-state index >= 15 is 0 Å². The van der Waals surface area contributed by atoms with Crippen molar-refractivity contribution in [2.24, 2.45) is 5.41 Å². The molecule has 19 heavy (non-hydrogen) atoms. The Morgan fingerprint density at radius 3 is 2.53 bits per heavy atom. The summed E-state index contributed by atoms with van der Waals surface area (Å²) in [6.07, 6.45) is 2.05. The lowest BCUT2D eigenvalue weighted by Gasteiger charge is -2.29. The van der Waals surface area contributed by atoms with Crippen LogP contribution in [0.1, 0.15) is 42.6 Å². The van der Waals surface area contributed by atoms with Gasteiger partial charge in [-0.2, -0.15) is 0 Å². The number of carbonyl (C=O) groups is 1. The highest BCUT2D eigenvalue weighted by Gasteiger charge is 2.25. The molecule has 0 radical (unpaired) electrons. The maximum atomic E-state index is 12.2. The zero-order chi connectivity index (χ0) is 14.5. The average molecular weight is 347 g/mol. The van der Waals surface area contributed by atoms with Crippen LogP contribution in [0.15, 0.2) is 18.2 Å². The molecule has 0 atom stereocenters. The first kappa shape index (κ1) is 16.5. The summed E-state index contributed by atoms with van der Waals surface area (Å²) in [6.45, 7) is 6.86. The van der Waals surface area contributed by atoms with Crippen LogP contribution in [0.25, 0.3) is 0 Å². The number of nitrogens with one attached hydrogen (secondary N) is 1. The van der Waals surface area contributed by atoms with Crippen molar-refractivity contribution in [2.45, 2.75) is 33.6 Å². The van der Waals surface area contributed by atoms with E-state index < -0.39 is 0 Å². The van der Waals surface area contributed by atoms with Crippen molar-refractivity contribution in [1.29, 1.82) is 0 Å². The number of amides is 1. The molecule has 1 amide bonds. The second-order valence-corrected chi connectivity index (χ2v) is 5.90. The predicted octanol–water partition coefficient (Wildman–Crippen LogP) is 4.58. The van der Waals surface area contributed by atoms with Gasteiger partial charge in [0.1, 0.15) is 0 Å². The average Bonchev–Trinajstić information content (AvgIpc) is 2.44. The third-order valence-electron chi connectivity index (χ3n) is 3.84. The van der Waals surface area contributed by atoms with Crippen molar-refractivity contribution in [3.05, 3.63) is 34.3 Å². The minimum atomic E-state index is -0.0964. The Morgan fingerprint density at radius 2 is 2.00 bits per heavy atom. The first-order valence-electron chi connectivity index (χ1n) is 6.59. The first-order valence-corrected chi connectivity index (χ1v) is 8.09. The van der Waals surface area contributed by atoms with Gasteiger partial charge in [0.25, 0.3) is 5.91 Å². The van der Waals surface area contributed by atoms with Gasteiger partial charge in [-0.05, 0) is 36.8 Å². The number of hydrogen-bond donors (Lipinski definition) is 1. The van der Waals surface area contributed by atoms with E-state index in [0.717, 1.165) is 23.7 Å². The fraction of sp³-hybridized carbons (Fsp3) is 0.533. The number of benzene rings is 1. The highest BCUT2D eigenvalue weighted by atomic mass is 79.9. The third kappa shape index (κ3) is 3.96. The number of halogens is 2. The molecule has 0 aliphatic heterocycles. The van der Waals surface area contributed by atoms with Crippen molar-refractivity contribution in [3.8, 4) is 0 Å². The highest BCUT2D eigenvalue weighted by Crippen LogP contribution is 2.28. The van der Waals surface area contributed by atoms with Crippen LogP contribution in [0.5, 0.6) is 0 Å². The molecule has 106 valence electrons. The second kappa shape index (κ2) is 7.30. The largest absolute Gasteiger partial charge is 0.351 e. The molecule has 1 aromatic rings. The van der Waals surface area contributed by atoms with E-state index in [-0.39, 0.29) is 11.3 Å². The Labute approximate surface area is 129 Å². The molecule has 1 aromatic carbocycles. The summed E-state index contributed by atoms with van der Waals surface area (Å²) in [4.78, 5) is 12.2. The van der Waals surface area contributed by atoms with E-state index in [0.29, 0.717) is 17.1 Å². The van der Waals surface area contributed by atoms with Crippen LogP contribution in [-0.2, 0) is 0 Å². The molecule has 0 bridgehead atoms. The molecule has 0 saturated carbocycles. The van der Waals surface area contributed by atoms with Crippen LogP contribution in [0, 0.1) is 12.3 Å². The maximum absolute atomic E-state index is 12.2. The Bertz CT molecular complexity index is 436. The van der Waals surface area contributed by atoms with Crippen LogP contribution in [-0.4, -0.2) is 17.8 Å². The minimum absolute atomic E-state index is 0.0964. The lowest BCUT2D eigenvalue weighted by Crippen LogP contribution is -2.38. The van der Waals surface area contributed by atoms with Crippen LogP contribution in [0.4, 0.5) is 0 Å². The van der Waals surface area contributed by atoms with Gasteiger partial charge in [0.2, 0.25) is 0 Å². The van der Waals surface area contributed by atoms with E-state index in [1.165, 1.54) is 0 Å². The topological polar surface area (TPSA) is 29.1 Å². The summed E-state index contributed by atoms with van der Waals surface area (Å²) in [5, 5.41) is 4.43. The Kier molecular flexibility index (Phi) is 6.34. The number of carbonyl (C=O) groups excluding carboxylic acids is 1. The van der Waals surface area contributed by atoms with Crippen LogP contribution < -0.4 is 5.32 Å². The Balaban J connectivity index is 2.78. The van der Waals surface area contributed by atoms with Crippen LogP contribution in [0.3, 0.4) is 0 Å². The standard InChI is InChI=1S/C15H21BrClNO/c1-4-15(5-2,9-16)10-18-14(19)12-8-6-7-11(3)13(12)17/h6-8H,4-5,9-10H2,1-3H3,(H,18,19). The summed E-state index contributed by atoms with van der Waals surface area (Å²) in [5.41, 5.74) is 1.59. The van der Waals surface area contributed by atoms with E-state index in [1.54, 1.807) is 6.07 Å². The molecule has 2 nitrogen and oxygen atoms in total. The van der Waals surface area contributed by atoms with Gasteiger partial charge in [-0.3, -0.25) is 4.79 Å². The molecule has 0 fully saturated rings. The van der Waals surface area contributed by atoms with Gasteiger partial charge in [0.05, 0.1) is 10.6 Å². The fourth-order valence-electron chi connectivity index (χ4n) is 1.92. The van der Waals surface area contributed by atoms with Crippen LogP contribution >= 0.6 is 27.5 Å². The highest BCUT2D eigenvalue weighted by molar-refractivity contribution is 9.09. The number of rotatable bonds is 6. The summed E-state index contributed by atoms with van der Waals surface area (Å²) >= 11 is 9.72. The molecule has 0 aromatic heterocycles.